The van der Waals surface area contributed by atoms with Crippen molar-refractivity contribution in [1.82, 2.24) is 0 Å². The van der Waals surface area contributed by atoms with Crippen molar-refractivity contribution in [3.05, 3.63) is 101 Å². The predicted octanol–water partition coefficient (Wildman–Crippen LogP) is 3.43. The molecule has 3 aromatic carbocycles. The predicted molar refractivity (Wildman–Crippen MR) is 102 cm³/mol. The van der Waals surface area contributed by atoms with Crippen LogP contribution < -0.4 is 21.5 Å². The fourth-order valence-electron chi connectivity index (χ4n) is 2.97. The lowest BCUT2D eigenvalue weighted by atomic mass is 10.2. The Morgan fingerprint density at radius 1 is 0.640 bits per heavy atom. The number of benzene rings is 3. The Morgan fingerprint density at radius 2 is 1.20 bits per heavy atom. The first-order chi connectivity index (χ1) is 12.2. The molecule has 4 aromatic rings. The van der Waals surface area contributed by atoms with E-state index in [0.717, 1.165) is 16.0 Å². The van der Waals surface area contributed by atoms with E-state index in [-0.39, 0.29) is 0 Å². The second-order valence-electron chi connectivity index (χ2n) is 5.76. The largest absolute Gasteiger partial charge is 0.423 e. The van der Waals surface area contributed by atoms with Gasteiger partial charge in [-0.05, 0) is 18.2 Å². The first kappa shape index (κ1) is 15.6. The van der Waals surface area contributed by atoms with Crippen LogP contribution in [0, 0.1) is 0 Å². The van der Waals surface area contributed by atoms with Gasteiger partial charge in [0.25, 0.3) is 0 Å². The fourth-order valence-corrected chi connectivity index (χ4v) is 5.63. The summed E-state index contributed by atoms with van der Waals surface area (Å²) in [5.74, 6) is 0. The monoisotopic (exact) mass is 346 g/mol. The number of hydrogen-bond acceptors (Lipinski definition) is 3. The van der Waals surface area contributed by atoms with Gasteiger partial charge in [-0.2, -0.15) is 0 Å². The SMILES string of the molecule is O=c1ccc2ccc(P(=O)(c3ccccc3)c3ccccc3)cc2o1. The summed E-state index contributed by atoms with van der Waals surface area (Å²) < 4.78 is 19.5. The van der Waals surface area contributed by atoms with Gasteiger partial charge in [0.05, 0.1) is 0 Å². The third-order valence-corrected chi connectivity index (χ3v) is 7.27. The van der Waals surface area contributed by atoms with Gasteiger partial charge in [-0.1, -0.05) is 66.7 Å². The van der Waals surface area contributed by atoms with E-state index in [2.05, 4.69) is 0 Å². The lowest BCUT2D eigenvalue weighted by Gasteiger charge is -2.20. The zero-order chi connectivity index (χ0) is 17.3. The van der Waals surface area contributed by atoms with Crippen LogP contribution >= 0.6 is 7.14 Å². The Morgan fingerprint density at radius 3 is 1.80 bits per heavy atom. The Kier molecular flexibility index (Phi) is 3.87. The van der Waals surface area contributed by atoms with E-state index in [1.165, 1.54) is 6.07 Å². The molecule has 0 amide bonds. The molecule has 0 aliphatic rings. The number of fused-ring (bicyclic) bond motifs is 1. The Hall–Kier alpha value is -2.90. The second kappa shape index (κ2) is 6.19. The summed E-state index contributed by atoms with van der Waals surface area (Å²) in [7, 11) is -3.06. The summed E-state index contributed by atoms with van der Waals surface area (Å²) in [5, 5.41) is 2.94. The Bertz CT molecular complexity index is 1090. The van der Waals surface area contributed by atoms with Crippen LogP contribution in [0.25, 0.3) is 11.0 Å². The molecular formula is C21H15O3P. The maximum atomic E-state index is 14.2. The Balaban J connectivity index is 2.02. The van der Waals surface area contributed by atoms with Crippen molar-refractivity contribution in [3.8, 4) is 0 Å². The molecule has 1 aromatic heterocycles. The highest BCUT2D eigenvalue weighted by molar-refractivity contribution is 7.85. The Labute approximate surface area is 144 Å². The minimum absolute atomic E-state index is 0.418. The van der Waals surface area contributed by atoms with E-state index in [0.29, 0.717) is 10.9 Å². The van der Waals surface area contributed by atoms with Crippen LogP contribution in [0.1, 0.15) is 0 Å². The van der Waals surface area contributed by atoms with Crippen molar-refractivity contribution in [2.75, 3.05) is 0 Å². The average Bonchev–Trinajstić information content (AvgIpc) is 2.68. The summed E-state index contributed by atoms with van der Waals surface area (Å²) in [6.07, 6.45) is 0. The third-order valence-electron chi connectivity index (χ3n) is 4.21. The number of rotatable bonds is 3. The van der Waals surface area contributed by atoms with E-state index in [9.17, 15) is 9.36 Å². The summed E-state index contributed by atoms with van der Waals surface area (Å²) in [5.41, 5.74) is 0.0241. The maximum absolute atomic E-state index is 14.2. The molecule has 3 nitrogen and oxygen atoms in total. The highest BCUT2D eigenvalue weighted by Crippen LogP contribution is 2.42. The normalized spacial score (nSPS) is 11.5. The van der Waals surface area contributed by atoms with E-state index in [4.69, 9.17) is 4.42 Å². The molecule has 0 aliphatic carbocycles. The van der Waals surface area contributed by atoms with Gasteiger partial charge in [0, 0.05) is 27.4 Å². The molecule has 122 valence electrons. The van der Waals surface area contributed by atoms with Crippen LogP contribution in [0.5, 0.6) is 0 Å². The van der Waals surface area contributed by atoms with Gasteiger partial charge in [-0.3, -0.25) is 0 Å². The lowest BCUT2D eigenvalue weighted by Crippen LogP contribution is -2.24. The lowest BCUT2D eigenvalue weighted by molar-refractivity contribution is 0.561. The molecule has 4 rings (SSSR count). The molecule has 0 atom stereocenters. The first-order valence-electron chi connectivity index (χ1n) is 7.94. The minimum Gasteiger partial charge on any atom is -0.423 e. The van der Waals surface area contributed by atoms with Gasteiger partial charge < -0.3 is 8.98 Å². The topological polar surface area (TPSA) is 47.3 Å². The van der Waals surface area contributed by atoms with Gasteiger partial charge in [-0.15, -0.1) is 0 Å². The summed E-state index contributed by atoms with van der Waals surface area (Å²) >= 11 is 0. The number of hydrogen-bond donors (Lipinski definition) is 0. The van der Waals surface area contributed by atoms with Gasteiger partial charge in [-0.25, -0.2) is 4.79 Å². The summed E-state index contributed by atoms with van der Waals surface area (Å²) in [6, 6.07) is 27.3. The fraction of sp³-hybridized carbons (Fsp3) is 0. The molecular weight excluding hydrogens is 331 g/mol. The molecule has 0 fully saturated rings. The molecule has 25 heavy (non-hydrogen) atoms. The quantitative estimate of drug-likeness (QED) is 0.422. The molecule has 0 N–H and O–H groups in total. The zero-order valence-electron chi connectivity index (χ0n) is 13.3. The van der Waals surface area contributed by atoms with E-state index >= 15 is 0 Å². The van der Waals surface area contributed by atoms with E-state index in [1.807, 2.05) is 72.8 Å². The van der Waals surface area contributed by atoms with Gasteiger partial charge >= 0.3 is 5.63 Å². The van der Waals surface area contributed by atoms with Crippen molar-refractivity contribution in [3.63, 3.8) is 0 Å². The van der Waals surface area contributed by atoms with Gasteiger partial charge in [0.1, 0.15) is 5.58 Å². The van der Waals surface area contributed by atoms with E-state index < -0.39 is 12.8 Å². The molecule has 0 saturated carbocycles. The van der Waals surface area contributed by atoms with Crippen LogP contribution in [0.3, 0.4) is 0 Å². The smallest absolute Gasteiger partial charge is 0.336 e. The second-order valence-corrected chi connectivity index (χ2v) is 8.52. The molecule has 4 heteroatoms. The van der Waals surface area contributed by atoms with Crippen LogP contribution in [-0.4, -0.2) is 0 Å². The molecule has 1 heterocycles. The molecule has 0 bridgehead atoms. The van der Waals surface area contributed by atoms with Gasteiger partial charge in [0.2, 0.25) is 0 Å². The van der Waals surface area contributed by atoms with Crippen molar-refractivity contribution < 1.29 is 8.98 Å². The zero-order valence-corrected chi connectivity index (χ0v) is 14.2. The van der Waals surface area contributed by atoms with Crippen molar-refractivity contribution in [1.29, 1.82) is 0 Å². The van der Waals surface area contributed by atoms with Gasteiger partial charge in [0.15, 0.2) is 7.14 Å². The van der Waals surface area contributed by atoms with Crippen LogP contribution in [0.2, 0.25) is 0 Å². The average molecular weight is 346 g/mol. The van der Waals surface area contributed by atoms with Crippen LogP contribution in [0.15, 0.2) is 100 Å². The first-order valence-corrected chi connectivity index (χ1v) is 9.64. The molecule has 0 unspecified atom stereocenters. The third kappa shape index (κ3) is 2.73. The van der Waals surface area contributed by atoms with Crippen LogP contribution in [-0.2, 0) is 4.57 Å². The summed E-state index contributed by atoms with van der Waals surface area (Å²) in [4.78, 5) is 11.5. The molecule has 0 saturated heterocycles. The van der Waals surface area contributed by atoms with E-state index in [1.54, 1.807) is 12.1 Å². The molecule has 0 spiro atoms. The standard InChI is InChI=1S/C21H15O3P/c22-21-14-12-16-11-13-19(15-20(16)24-21)25(23,17-7-3-1-4-8-17)18-9-5-2-6-10-18/h1-15H. The molecule has 0 aliphatic heterocycles. The molecule has 0 radical (unpaired) electrons. The summed E-state index contributed by atoms with van der Waals surface area (Å²) in [6.45, 7) is 0. The van der Waals surface area contributed by atoms with Crippen molar-refractivity contribution in [2.45, 2.75) is 0 Å². The van der Waals surface area contributed by atoms with Crippen molar-refractivity contribution in [2.24, 2.45) is 0 Å². The highest BCUT2D eigenvalue weighted by atomic mass is 31.2. The van der Waals surface area contributed by atoms with Crippen LogP contribution in [0.4, 0.5) is 0 Å². The van der Waals surface area contributed by atoms with Crippen molar-refractivity contribution >= 4 is 34.0 Å². The maximum Gasteiger partial charge on any atom is 0.336 e. The minimum atomic E-state index is -3.06. The highest BCUT2D eigenvalue weighted by Gasteiger charge is 2.29.